The second-order valence-corrected chi connectivity index (χ2v) is 4.71. The van der Waals surface area contributed by atoms with Gasteiger partial charge in [0, 0.05) is 5.69 Å². The number of hydrogen-bond donors (Lipinski definition) is 3. The molecule has 3 N–H and O–H groups in total. The molecule has 1 aromatic rings. The van der Waals surface area contributed by atoms with E-state index >= 15 is 0 Å². The topological polar surface area (TPSA) is 70.6 Å². The van der Waals surface area contributed by atoms with E-state index in [0.717, 1.165) is 23.4 Å². The van der Waals surface area contributed by atoms with Gasteiger partial charge in [-0.3, -0.25) is 0 Å². The number of ether oxygens (including phenoxy) is 1. The van der Waals surface area contributed by atoms with E-state index in [0.29, 0.717) is 13.0 Å². The summed E-state index contributed by atoms with van der Waals surface area (Å²) in [7, 11) is 0. The molecule has 0 aliphatic heterocycles. The molecule has 0 aliphatic carbocycles. The van der Waals surface area contributed by atoms with Crippen molar-refractivity contribution >= 4 is 11.7 Å². The zero-order valence-electron chi connectivity index (χ0n) is 12.4. The molecule has 0 radical (unpaired) electrons. The van der Waals surface area contributed by atoms with Crippen LogP contribution in [-0.4, -0.2) is 30.4 Å². The van der Waals surface area contributed by atoms with Crippen molar-refractivity contribution in [1.29, 1.82) is 0 Å². The summed E-state index contributed by atoms with van der Waals surface area (Å²) in [5.74, 6) is 0.803. The fourth-order valence-corrected chi connectivity index (χ4v) is 1.71. The number of hydrogen-bond acceptors (Lipinski definition) is 3. The van der Waals surface area contributed by atoms with Crippen LogP contribution in [0.5, 0.6) is 5.75 Å². The number of rotatable bonds is 7. The third kappa shape index (κ3) is 5.09. The fraction of sp³-hybridized carbons (Fsp3) is 0.533. The third-order valence-electron chi connectivity index (χ3n) is 2.97. The van der Waals surface area contributed by atoms with Crippen LogP contribution in [0.3, 0.4) is 0 Å². The average molecular weight is 280 g/mol. The SMILES string of the molecule is CCCOc1ccc(NC(=O)NC(CC)CO)c(C)c1. The second-order valence-electron chi connectivity index (χ2n) is 4.71. The Balaban J connectivity index is 2.61. The first kappa shape index (κ1) is 16.3. The van der Waals surface area contributed by atoms with Crippen molar-refractivity contribution in [1.82, 2.24) is 5.32 Å². The summed E-state index contributed by atoms with van der Waals surface area (Å²) in [5.41, 5.74) is 1.67. The molecular formula is C15H24N2O3. The lowest BCUT2D eigenvalue weighted by molar-refractivity contribution is 0.222. The molecule has 0 aromatic heterocycles. The summed E-state index contributed by atoms with van der Waals surface area (Å²) in [5, 5.41) is 14.5. The van der Waals surface area contributed by atoms with E-state index < -0.39 is 0 Å². The maximum Gasteiger partial charge on any atom is 0.319 e. The number of carbonyl (C=O) groups is 1. The van der Waals surface area contributed by atoms with Crippen LogP contribution in [0.1, 0.15) is 32.3 Å². The fourth-order valence-electron chi connectivity index (χ4n) is 1.71. The van der Waals surface area contributed by atoms with E-state index in [1.165, 1.54) is 0 Å². The highest BCUT2D eigenvalue weighted by Crippen LogP contribution is 2.21. The molecule has 1 rings (SSSR count). The average Bonchev–Trinajstić information content (AvgIpc) is 2.45. The Hall–Kier alpha value is -1.75. The third-order valence-corrected chi connectivity index (χ3v) is 2.97. The quantitative estimate of drug-likeness (QED) is 0.719. The molecule has 0 aliphatic rings. The minimum absolute atomic E-state index is 0.0628. The van der Waals surface area contributed by atoms with Gasteiger partial charge < -0.3 is 20.5 Å². The molecule has 0 fully saturated rings. The monoisotopic (exact) mass is 280 g/mol. The molecule has 0 saturated carbocycles. The summed E-state index contributed by atoms with van der Waals surface area (Å²) in [6.45, 7) is 6.50. The first-order chi connectivity index (χ1) is 9.60. The van der Waals surface area contributed by atoms with Crippen molar-refractivity contribution in [2.75, 3.05) is 18.5 Å². The van der Waals surface area contributed by atoms with E-state index in [1.807, 2.05) is 32.0 Å². The molecule has 0 saturated heterocycles. The maximum atomic E-state index is 11.8. The number of aryl methyl sites for hydroxylation is 1. The molecule has 0 bridgehead atoms. The first-order valence-electron chi connectivity index (χ1n) is 7.02. The molecule has 5 nitrogen and oxygen atoms in total. The van der Waals surface area contributed by atoms with Crippen molar-refractivity contribution in [3.63, 3.8) is 0 Å². The highest BCUT2D eigenvalue weighted by molar-refractivity contribution is 5.90. The standard InChI is InChI=1S/C15H24N2O3/c1-4-8-20-13-6-7-14(11(3)9-13)17-15(19)16-12(5-2)10-18/h6-7,9,12,18H,4-5,8,10H2,1-3H3,(H2,16,17,19). The Bertz CT molecular complexity index is 431. The molecule has 112 valence electrons. The molecule has 1 aromatic carbocycles. The number of nitrogens with one attached hydrogen (secondary N) is 2. The first-order valence-corrected chi connectivity index (χ1v) is 7.02. The molecular weight excluding hydrogens is 256 g/mol. The van der Waals surface area contributed by atoms with Gasteiger partial charge in [-0.05, 0) is 43.5 Å². The minimum atomic E-state index is -0.309. The van der Waals surface area contributed by atoms with E-state index in [4.69, 9.17) is 9.84 Å². The van der Waals surface area contributed by atoms with E-state index in [-0.39, 0.29) is 18.7 Å². The van der Waals surface area contributed by atoms with Gasteiger partial charge in [0.1, 0.15) is 5.75 Å². The Morgan fingerprint density at radius 2 is 2.15 bits per heavy atom. The van der Waals surface area contributed by atoms with Crippen LogP contribution in [0.2, 0.25) is 0 Å². The van der Waals surface area contributed by atoms with Gasteiger partial charge in [0.2, 0.25) is 0 Å². The Morgan fingerprint density at radius 1 is 1.40 bits per heavy atom. The highest BCUT2D eigenvalue weighted by atomic mass is 16.5. The number of carbonyl (C=O) groups excluding carboxylic acids is 1. The molecule has 5 heteroatoms. The molecule has 1 unspecified atom stereocenters. The van der Waals surface area contributed by atoms with Gasteiger partial charge in [0.05, 0.1) is 19.3 Å². The van der Waals surface area contributed by atoms with Crippen molar-refractivity contribution < 1.29 is 14.6 Å². The van der Waals surface area contributed by atoms with Crippen LogP contribution in [0.15, 0.2) is 18.2 Å². The van der Waals surface area contributed by atoms with Crippen molar-refractivity contribution in [3.05, 3.63) is 23.8 Å². The van der Waals surface area contributed by atoms with E-state index in [1.54, 1.807) is 0 Å². The van der Waals surface area contributed by atoms with Crippen LogP contribution in [-0.2, 0) is 0 Å². The van der Waals surface area contributed by atoms with Crippen LogP contribution in [0.4, 0.5) is 10.5 Å². The predicted molar refractivity (Wildman–Crippen MR) is 80.3 cm³/mol. The lowest BCUT2D eigenvalue weighted by Gasteiger charge is -2.16. The van der Waals surface area contributed by atoms with Gasteiger partial charge in [-0.1, -0.05) is 13.8 Å². The molecule has 20 heavy (non-hydrogen) atoms. The maximum absolute atomic E-state index is 11.8. The van der Waals surface area contributed by atoms with Gasteiger partial charge in [-0.2, -0.15) is 0 Å². The molecule has 0 spiro atoms. The summed E-state index contributed by atoms with van der Waals surface area (Å²) in [4.78, 5) is 11.8. The lowest BCUT2D eigenvalue weighted by Crippen LogP contribution is -2.39. The molecule has 0 heterocycles. The summed E-state index contributed by atoms with van der Waals surface area (Å²) in [6, 6.07) is 5.02. The number of benzene rings is 1. The summed E-state index contributed by atoms with van der Waals surface area (Å²) < 4.78 is 5.53. The zero-order chi connectivity index (χ0) is 15.0. The number of anilines is 1. The van der Waals surface area contributed by atoms with Crippen LogP contribution in [0, 0.1) is 6.92 Å². The number of amides is 2. The zero-order valence-corrected chi connectivity index (χ0v) is 12.4. The van der Waals surface area contributed by atoms with Crippen molar-refractivity contribution in [2.24, 2.45) is 0 Å². The predicted octanol–water partition coefficient (Wildman–Crippen LogP) is 2.68. The second kappa shape index (κ2) is 8.43. The van der Waals surface area contributed by atoms with E-state index in [2.05, 4.69) is 17.6 Å². The number of aliphatic hydroxyl groups is 1. The highest BCUT2D eigenvalue weighted by Gasteiger charge is 2.10. The smallest absolute Gasteiger partial charge is 0.319 e. The van der Waals surface area contributed by atoms with Crippen LogP contribution >= 0.6 is 0 Å². The summed E-state index contributed by atoms with van der Waals surface area (Å²) in [6.07, 6.45) is 1.65. The Morgan fingerprint density at radius 3 is 2.70 bits per heavy atom. The molecule has 2 amide bonds. The van der Waals surface area contributed by atoms with Crippen LogP contribution < -0.4 is 15.4 Å². The minimum Gasteiger partial charge on any atom is -0.494 e. The molecule has 1 atom stereocenters. The Labute approximate surface area is 120 Å². The van der Waals surface area contributed by atoms with Crippen molar-refractivity contribution in [2.45, 2.75) is 39.7 Å². The largest absolute Gasteiger partial charge is 0.494 e. The van der Waals surface area contributed by atoms with Crippen LogP contribution in [0.25, 0.3) is 0 Å². The van der Waals surface area contributed by atoms with Gasteiger partial charge in [0.15, 0.2) is 0 Å². The normalized spacial score (nSPS) is 11.8. The van der Waals surface area contributed by atoms with Gasteiger partial charge in [-0.15, -0.1) is 0 Å². The van der Waals surface area contributed by atoms with E-state index in [9.17, 15) is 4.79 Å². The number of urea groups is 1. The van der Waals surface area contributed by atoms with Gasteiger partial charge >= 0.3 is 6.03 Å². The van der Waals surface area contributed by atoms with Gasteiger partial charge in [0.25, 0.3) is 0 Å². The summed E-state index contributed by atoms with van der Waals surface area (Å²) >= 11 is 0. The Kier molecular flexibility index (Phi) is 6.87. The van der Waals surface area contributed by atoms with Crippen molar-refractivity contribution in [3.8, 4) is 5.75 Å². The lowest BCUT2D eigenvalue weighted by atomic mass is 10.2. The van der Waals surface area contributed by atoms with Gasteiger partial charge in [-0.25, -0.2) is 4.79 Å². The number of aliphatic hydroxyl groups excluding tert-OH is 1.